The van der Waals surface area contributed by atoms with Crippen molar-refractivity contribution in [1.82, 2.24) is 14.8 Å². The molecule has 5 rings (SSSR count). The molecule has 0 spiro atoms. The third-order valence-corrected chi connectivity index (χ3v) is 6.19. The van der Waals surface area contributed by atoms with E-state index in [0.717, 1.165) is 11.1 Å². The lowest BCUT2D eigenvalue weighted by Crippen LogP contribution is -2.32. The average Bonchev–Trinajstić information content (AvgIpc) is 3.32. The van der Waals surface area contributed by atoms with Crippen LogP contribution in [0.2, 0.25) is 0 Å². The van der Waals surface area contributed by atoms with Gasteiger partial charge in [-0.05, 0) is 32.0 Å². The summed E-state index contributed by atoms with van der Waals surface area (Å²) in [5, 5.41) is 22.7. The van der Waals surface area contributed by atoms with Crippen LogP contribution < -0.4 is 15.4 Å². The zero-order valence-electron chi connectivity index (χ0n) is 20.4. The summed E-state index contributed by atoms with van der Waals surface area (Å²) in [7, 11) is 1.52. The van der Waals surface area contributed by atoms with Crippen molar-refractivity contribution in [2.75, 3.05) is 17.7 Å². The number of carbonyl (C=O) groups is 1. The minimum Gasteiger partial charge on any atom is -0.495 e. The number of hydrogen-bond donors (Lipinski definition) is 2. The van der Waals surface area contributed by atoms with Crippen molar-refractivity contribution < 1.29 is 14.5 Å². The molecule has 2 heterocycles. The third-order valence-electron chi connectivity index (χ3n) is 6.19. The number of ether oxygens (including phenoxy) is 1. The first kappa shape index (κ1) is 23.7. The Balaban J connectivity index is 1.65. The largest absolute Gasteiger partial charge is 0.495 e. The fourth-order valence-corrected chi connectivity index (χ4v) is 4.38. The molecule has 0 radical (unpaired) electrons. The molecule has 10 nitrogen and oxygen atoms in total. The molecule has 3 aromatic carbocycles. The fraction of sp³-hybridized carbons (Fsp3) is 0.148. The van der Waals surface area contributed by atoms with Gasteiger partial charge in [-0.1, -0.05) is 54.1 Å². The Morgan fingerprint density at radius 2 is 1.76 bits per heavy atom. The van der Waals surface area contributed by atoms with Gasteiger partial charge in [0.15, 0.2) is 5.82 Å². The number of nitro groups is 1. The number of carbonyl (C=O) groups excluding carboxylic acids is 1. The molecule has 1 unspecified atom stereocenters. The number of anilines is 2. The number of aromatic nitrogens is 3. The second-order valence-corrected chi connectivity index (χ2v) is 8.61. The topological polar surface area (TPSA) is 124 Å². The maximum atomic E-state index is 13.7. The number of methoxy groups -OCH3 is 1. The Kier molecular flexibility index (Phi) is 6.14. The van der Waals surface area contributed by atoms with Crippen LogP contribution >= 0.6 is 0 Å². The predicted molar refractivity (Wildman–Crippen MR) is 139 cm³/mol. The number of nitro benzene ring substituents is 1. The maximum absolute atomic E-state index is 13.7. The zero-order valence-corrected chi connectivity index (χ0v) is 20.4. The normalized spacial score (nSPS) is 14.5. The van der Waals surface area contributed by atoms with Gasteiger partial charge in [-0.15, -0.1) is 5.10 Å². The van der Waals surface area contributed by atoms with Gasteiger partial charge < -0.3 is 15.4 Å². The number of para-hydroxylation sites is 3. The lowest BCUT2D eigenvalue weighted by molar-refractivity contribution is -0.385. The molecule has 1 aromatic heterocycles. The fourth-order valence-electron chi connectivity index (χ4n) is 4.38. The van der Waals surface area contributed by atoms with Crippen LogP contribution in [0.15, 0.2) is 84.1 Å². The smallest absolute Gasteiger partial charge is 0.275 e. The number of aryl methyl sites for hydroxylation is 1. The quantitative estimate of drug-likeness (QED) is 0.281. The molecule has 0 saturated heterocycles. The molecule has 0 bridgehead atoms. The highest BCUT2D eigenvalue weighted by Gasteiger charge is 2.38. The highest BCUT2D eigenvalue weighted by atomic mass is 16.6. The first-order valence-corrected chi connectivity index (χ1v) is 11.6. The molecule has 0 aliphatic carbocycles. The zero-order chi connectivity index (χ0) is 26.1. The predicted octanol–water partition coefficient (Wildman–Crippen LogP) is 5.10. The van der Waals surface area contributed by atoms with Crippen molar-refractivity contribution in [3.8, 4) is 17.1 Å². The minimum atomic E-state index is -0.903. The molecular weight excluding hydrogens is 472 g/mol. The molecule has 1 aliphatic heterocycles. The van der Waals surface area contributed by atoms with E-state index in [0.29, 0.717) is 34.5 Å². The van der Waals surface area contributed by atoms with E-state index in [4.69, 9.17) is 9.84 Å². The van der Waals surface area contributed by atoms with Crippen LogP contribution in [0.3, 0.4) is 0 Å². The second-order valence-electron chi connectivity index (χ2n) is 8.61. The molecule has 10 heteroatoms. The van der Waals surface area contributed by atoms with E-state index >= 15 is 0 Å². The van der Waals surface area contributed by atoms with Crippen molar-refractivity contribution >= 4 is 23.2 Å². The summed E-state index contributed by atoms with van der Waals surface area (Å²) in [6, 6.07) is 20.2. The van der Waals surface area contributed by atoms with Gasteiger partial charge in [0.25, 0.3) is 11.6 Å². The molecule has 186 valence electrons. The van der Waals surface area contributed by atoms with Crippen molar-refractivity contribution in [3.63, 3.8) is 0 Å². The average molecular weight is 497 g/mol. The Labute approximate surface area is 212 Å². The highest BCUT2D eigenvalue weighted by Crippen LogP contribution is 2.40. The number of amides is 1. The molecule has 1 atom stereocenters. The van der Waals surface area contributed by atoms with E-state index in [9.17, 15) is 14.9 Å². The number of hydrogen-bond acceptors (Lipinski definition) is 7. The van der Waals surface area contributed by atoms with Gasteiger partial charge in [0.2, 0.25) is 5.95 Å². The number of fused-ring (bicyclic) bond motifs is 1. The van der Waals surface area contributed by atoms with Crippen molar-refractivity contribution in [2.24, 2.45) is 0 Å². The first-order chi connectivity index (χ1) is 17.9. The van der Waals surface area contributed by atoms with E-state index < -0.39 is 16.9 Å². The summed E-state index contributed by atoms with van der Waals surface area (Å²) in [5.41, 5.74) is 3.33. The Morgan fingerprint density at radius 1 is 1.05 bits per heavy atom. The van der Waals surface area contributed by atoms with Gasteiger partial charge in [0.05, 0.1) is 28.9 Å². The van der Waals surface area contributed by atoms with Crippen LogP contribution in [0.25, 0.3) is 11.4 Å². The molecule has 1 aliphatic rings. The SMILES string of the molecule is COc1ccccc1NC(=O)C1=C(C)Nc2nc(-c3ccc(C)cc3)nn2C1c1ccccc1[N+](=O)[O-]. The van der Waals surface area contributed by atoms with Gasteiger partial charge in [0.1, 0.15) is 11.8 Å². The van der Waals surface area contributed by atoms with Crippen LogP contribution in [-0.4, -0.2) is 32.7 Å². The van der Waals surface area contributed by atoms with E-state index in [2.05, 4.69) is 15.6 Å². The van der Waals surface area contributed by atoms with Crippen molar-refractivity contribution in [1.29, 1.82) is 0 Å². The summed E-state index contributed by atoms with van der Waals surface area (Å²) in [5.74, 6) is 0.856. The summed E-state index contributed by atoms with van der Waals surface area (Å²) < 4.78 is 6.91. The van der Waals surface area contributed by atoms with Crippen molar-refractivity contribution in [2.45, 2.75) is 19.9 Å². The van der Waals surface area contributed by atoms with Crippen molar-refractivity contribution in [3.05, 3.63) is 105 Å². The second kappa shape index (κ2) is 9.57. The van der Waals surface area contributed by atoms with E-state index in [1.807, 2.05) is 31.2 Å². The summed E-state index contributed by atoms with van der Waals surface area (Å²) in [4.78, 5) is 29.9. The molecule has 2 N–H and O–H groups in total. The van der Waals surface area contributed by atoms with E-state index in [1.165, 1.54) is 17.9 Å². The van der Waals surface area contributed by atoms with Crippen LogP contribution in [-0.2, 0) is 4.79 Å². The van der Waals surface area contributed by atoms with E-state index in [1.54, 1.807) is 49.4 Å². The Bertz CT molecular complexity index is 1540. The lowest BCUT2D eigenvalue weighted by Gasteiger charge is -2.28. The van der Waals surface area contributed by atoms with Gasteiger partial charge in [-0.25, -0.2) is 4.68 Å². The number of benzene rings is 3. The van der Waals surface area contributed by atoms with Crippen LogP contribution in [0.1, 0.15) is 24.1 Å². The first-order valence-electron chi connectivity index (χ1n) is 11.6. The van der Waals surface area contributed by atoms with Crippen LogP contribution in [0.4, 0.5) is 17.3 Å². The van der Waals surface area contributed by atoms with Crippen LogP contribution in [0, 0.1) is 17.0 Å². The lowest BCUT2D eigenvalue weighted by atomic mass is 9.93. The van der Waals surface area contributed by atoms with E-state index in [-0.39, 0.29) is 11.3 Å². The maximum Gasteiger partial charge on any atom is 0.275 e. The number of allylic oxidation sites excluding steroid dienone is 1. The molecule has 4 aromatic rings. The standard InChI is InChI=1S/C27H24N6O4/c1-16-12-14-18(15-13-16)25-30-27-28-17(2)23(26(34)29-20-9-5-7-11-22(20)37-3)24(32(27)31-25)19-8-4-6-10-21(19)33(35)36/h4-15,24H,1-3H3,(H,29,34)(H,28,30,31). The highest BCUT2D eigenvalue weighted by molar-refractivity contribution is 6.06. The Hall–Kier alpha value is -4.99. The number of nitrogens with one attached hydrogen (secondary N) is 2. The number of rotatable bonds is 6. The third kappa shape index (κ3) is 4.40. The molecular formula is C27H24N6O4. The van der Waals surface area contributed by atoms with Gasteiger partial charge in [-0.2, -0.15) is 4.98 Å². The minimum absolute atomic E-state index is 0.122. The monoisotopic (exact) mass is 496 g/mol. The number of nitrogens with zero attached hydrogens (tertiary/aromatic N) is 4. The van der Waals surface area contributed by atoms with Gasteiger partial charge >= 0.3 is 0 Å². The molecule has 0 saturated carbocycles. The molecule has 1 amide bonds. The molecule has 37 heavy (non-hydrogen) atoms. The van der Waals surface area contributed by atoms with Crippen LogP contribution in [0.5, 0.6) is 5.75 Å². The summed E-state index contributed by atoms with van der Waals surface area (Å²) in [6.45, 7) is 3.73. The summed E-state index contributed by atoms with van der Waals surface area (Å²) >= 11 is 0. The van der Waals surface area contributed by atoms with Gasteiger partial charge in [0, 0.05) is 17.3 Å². The summed E-state index contributed by atoms with van der Waals surface area (Å²) in [6.07, 6.45) is 0. The Morgan fingerprint density at radius 3 is 2.49 bits per heavy atom. The van der Waals surface area contributed by atoms with Gasteiger partial charge in [-0.3, -0.25) is 14.9 Å². The molecule has 0 fully saturated rings.